The van der Waals surface area contributed by atoms with Crippen LogP contribution < -0.4 is 4.90 Å². The van der Waals surface area contributed by atoms with Gasteiger partial charge in [-0.15, -0.1) is 0 Å². The molecule has 0 aliphatic carbocycles. The number of carbonyl (C=O) groups excluding carboxylic acids is 2. The first-order valence-corrected chi connectivity index (χ1v) is 7.36. The molecule has 0 atom stereocenters. The van der Waals surface area contributed by atoms with Crippen molar-refractivity contribution in [2.75, 3.05) is 19.1 Å². The monoisotopic (exact) mass is 363 g/mol. The molecule has 7 nitrogen and oxygen atoms in total. The summed E-state index contributed by atoms with van der Waals surface area (Å²) in [5.74, 6) is -2.73. The minimum Gasteiger partial charge on any atom is -0.478 e. The maximum atomic E-state index is 12.3. The van der Waals surface area contributed by atoms with Gasteiger partial charge in [-0.25, -0.2) is 14.4 Å². The number of hydrogen-bond donors (Lipinski definition) is 1. The molecule has 0 bridgehead atoms. The number of methoxy groups -OCH3 is 2. The molecular weight excluding hydrogens is 350 g/mol. The Bertz CT molecular complexity index is 824. The van der Waals surface area contributed by atoms with Crippen LogP contribution in [0.5, 0.6) is 0 Å². The molecular formula is C17H14ClNO6. The summed E-state index contributed by atoms with van der Waals surface area (Å²) in [6.07, 6.45) is 5.95. The number of hydrogen-bond acceptors (Lipinski definition) is 6. The van der Waals surface area contributed by atoms with E-state index in [1.54, 1.807) is 6.08 Å². The van der Waals surface area contributed by atoms with E-state index in [4.69, 9.17) is 21.1 Å². The molecule has 0 amide bonds. The Morgan fingerprint density at radius 2 is 1.76 bits per heavy atom. The predicted octanol–water partition coefficient (Wildman–Crippen LogP) is 2.53. The summed E-state index contributed by atoms with van der Waals surface area (Å²) in [7, 11) is 2.34. The molecule has 8 heteroatoms. The lowest BCUT2D eigenvalue weighted by atomic mass is 10.1. The van der Waals surface area contributed by atoms with E-state index in [1.165, 1.54) is 48.6 Å². The summed E-state index contributed by atoms with van der Waals surface area (Å²) < 4.78 is 9.48. The zero-order valence-corrected chi connectivity index (χ0v) is 14.1. The molecule has 0 spiro atoms. The van der Waals surface area contributed by atoms with Gasteiger partial charge in [-0.1, -0.05) is 17.7 Å². The quantitative estimate of drug-likeness (QED) is 0.821. The van der Waals surface area contributed by atoms with Gasteiger partial charge in [0.25, 0.3) is 0 Å². The van der Waals surface area contributed by atoms with Crippen LogP contribution in [0.25, 0.3) is 0 Å². The first kappa shape index (κ1) is 18.3. The third kappa shape index (κ3) is 3.72. The summed E-state index contributed by atoms with van der Waals surface area (Å²) in [5.41, 5.74) is -0.0444. The van der Waals surface area contributed by atoms with E-state index < -0.39 is 17.9 Å². The Morgan fingerprint density at radius 1 is 1.08 bits per heavy atom. The van der Waals surface area contributed by atoms with Crippen LogP contribution in [0, 0.1) is 0 Å². The summed E-state index contributed by atoms with van der Waals surface area (Å²) in [4.78, 5) is 36.9. The molecule has 1 aliphatic rings. The predicted molar refractivity (Wildman–Crippen MR) is 90.2 cm³/mol. The van der Waals surface area contributed by atoms with Crippen LogP contribution in [0.1, 0.15) is 10.4 Å². The van der Waals surface area contributed by atoms with Crippen LogP contribution in [-0.4, -0.2) is 37.2 Å². The number of anilines is 1. The Labute approximate surface area is 148 Å². The molecule has 1 aromatic rings. The molecule has 25 heavy (non-hydrogen) atoms. The highest BCUT2D eigenvalue weighted by Gasteiger charge is 2.28. The molecule has 2 rings (SSSR count). The minimum absolute atomic E-state index is 0.0335. The maximum Gasteiger partial charge on any atom is 0.355 e. The molecule has 0 aromatic heterocycles. The third-order valence-corrected chi connectivity index (χ3v) is 3.66. The number of allylic oxidation sites excluding steroid dienone is 2. The van der Waals surface area contributed by atoms with Gasteiger partial charge in [0.05, 0.1) is 36.1 Å². The highest BCUT2D eigenvalue weighted by Crippen LogP contribution is 2.33. The Balaban J connectivity index is 2.73. The maximum absolute atomic E-state index is 12.3. The van der Waals surface area contributed by atoms with Crippen molar-refractivity contribution in [3.8, 4) is 0 Å². The van der Waals surface area contributed by atoms with Crippen LogP contribution in [0.3, 0.4) is 0 Å². The van der Waals surface area contributed by atoms with Crippen LogP contribution in [-0.2, 0) is 19.1 Å². The van der Waals surface area contributed by atoms with Crippen molar-refractivity contribution in [2.24, 2.45) is 0 Å². The van der Waals surface area contributed by atoms with Gasteiger partial charge in [-0.05, 0) is 30.4 Å². The van der Waals surface area contributed by atoms with Crippen LogP contribution in [0.15, 0.2) is 53.9 Å². The van der Waals surface area contributed by atoms with Crippen molar-refractivity contribution in [2.45, 2.75) is 0 Å². The fourth-order valence-corrected chi connectivity index (χ4v) is 2.39. The zero-order valence-electron chi connectivity index (χ0n) is 13.4. The average Bonchev–Trinajstić information content (AvgIpc) is 2.83. The van der Waals surface area contributed by atoms with Crippen LogP contribution in [0.2, 0.25) is 5.02 Å². The first-order chi connectivity index (χ1) is 11.9. The standard InChI is InChI=1S/C17H14ClNO6/c1-24-16(22)11-5-3-4-8-19(14(11)17(23)25-2)13-9-10(15(20)21)6-7-12(13)18/h3-9H,1-2H3,(H,20,21). The highest BCUT2D eigenvalue weighted by atomic mass is 35.5. The van der Waals surface area contributed by atoms with Crippen molar-refractivity contribution < 1.29 is 29.0 Å². The van der Waals surface area contributed by atoms with E-state index in [9.17, 15) is 19.5 Å². The van der Waals surface area contributed by atoms with Crippen molar-refractivity contribution in [1.29, 1.82) is 0 Å². The van der Waals surface area contributed by atoms with Gasteiger partial charge in [0.15, 0.2) is 0 Å². The molecule has 0 radical (unpaired) electrons. The topological polar surface area (TPSA) is 93.1 Å². The van der Waals surface area contributed by atoms with Crippen molar-refractivity contribution in [1.82, 2.24) is 0 Å². The fourth-order valence-electron chi connectivity index (χ4n) is 2.18. The normalized spacial score (nSPS) is 13.5. The lowest BCUT2D eigenvalue weighted by Gasteiger charge is -2.24. The van der Waals surface area contributed by atoms with Crippen LogP contribution in [0.4, 0.5) is 5.69 Å². The van der Waals surface area contributed by atoms with E-state index in [1.807, 2.05) is 0 Å². The van der Waals surface area contributed by atoms with E-state index in [2.05, 4.69) is 0 Å². The van der Waals surface area contributed by atoms with Gasteiger partial charge in [0.1, 0.15) is 5.70 Å². The molecule has 0 saturated heterocycles. The molecule has 1 heterocycles. The smallest absolute Gasteiger partial charge is 0.355 e. The second-order valence-electron chi connectivity index (χ2n) is 4.79. The van der Waals surface area contributed by atoms with Crippen LogP contribution >= 0.6 is 11.6 Å². The number of ether oxygens (including phenoxy) is 2. The zero-order chi connectivity index (χ0) is 18.6. The number of benzene rings is 1. The summed E-state index contributed by atoms with van der Waals surface area (Å²) in [6.45, 7) is 0. The average molecular weight is 364 g/mol. The molecule has 1 aromatic carbocycles. The number of carbonyl (C=O) groups is 3. The van der Waals surface area contributed by atoms with Crippen molar-refractivity contribution in [3.05, 3.63) is 64.5 Å². The lowest BCUT2D eigenvalue weighted by Crippen LogP contribution is -2.27. The number of halogens is 1. The van der Waals surface area contributed by atoms with Gasteiger partial charge in [-0.3, -0.25) is 0 Å². The SMILES string of the molecule is COC(=O)C1=C(C(=O)OC)N(c2cc(C(=O)O)ccc2Cl)C=CC=C1. The summed E-state index contributed by atoms with van der Waals surface area (Å²) >= 11 is 6.18. The second kappa shape index (κ2) is 7.67. The van der Waals surface area contributed by atoms with Gasteiger partial charge < -0.3 is 19.5 Å². The Morgan fingerprint density at radius 3 is 2.36 bits per heavy atom. The van der Waals surface area contributed by atoms with E-state index >= 15 is 0 Å². The Hall–Kier alpha value is -3.06. The molecule has 0 unspecified atom stereocenters. The van der Waals surface area contributed by atoms with E-state index in [0.29, 0.717) is 0 Å². The number of esters is 2. The van der Waals surface area contributed by atoms with Crippen molar-refractivity contribution in [3.63, 3.8) is 0 Å². The van der Waals surface area contributed by atoms with Gasteiger partial charge in [-0.2, -0.15) is 0 Å². The number of carboxylic acid groups (broad SMARTS) is 1. The van der Waals surface area contributed by atoms with E-state index in [-0.39, 0.29) is 27.5 Å². The van der Waals surface area contributed by atoms with Gasteiger partial charge in [0.2, 0.25) is 0 Å². The molecule has 0 saturated carbocycles. The Kier molecular flexibility index (Phi) is 5.61. The second-order valence-corrected chi connectivity index (χ2v) is 5.19. The van der Waals surface area contributed by atoms with Crippen molar-refractivity contribution >= 4 is 35.2 Å². The van der Waals surface area contributed by atoms with Gasteiger partial charge >= 0.3 is 17.9 Å². The summed E-state index contributed by atoms with van der Waals surface area (Å²) in [6, 6.07) is 4.01. The largest absolute Gasteiger partial charge is 0.478 e. The molecule has 130 valence electrons. The molecule has 1 N–H and O–H groups in total. The van der Waals surface area contributed by atoms with Gasteiger partial charge in [0, 0.05) is 6.20 Å². The molecule has 1 aliphatic heterocycles. The third-order valence-electron chi connectivity index (χ3n) is 3.34. The highest BCUT2D eigenvalue weighted by molar-refractivity contribution is 6.33. The summed E-state index contributed by atoms with van der Waals surface area (Å²) in [5, 5.41) is 9.37. The fraction of sp³-hybridized carbons (Fsp3) is 0.118. The number of carboxylic acids is 1. The lowest BCUT2D eigenvalue weighted by molar-refractivity contribution is -0.139. The minimum atomic E-state index is -1.16. The van der Waals surface area contributed by atoms with E-state index in [0.717, 1.165) is 7.11 Å². The number of nitrogens with zero attached hydrogens (tertiary/aromatic N) is 1. The number of aromatic carboxylic acids is 1. The number of rotatable bonds is 4. The molecule has 0 fully saturated rings. The first-order valence-electron chi connectivity index (χ1n) is 6.98.